The second kappa shape index (κ2) is 38.5. The summed E-state index contributed by atoms with van der Waals surface area (Å²) >= 11 is 0. The Labute approximate surface area is 611 Å². The Morgan fingerprint density at radius 2 is 0.556 bits per heavy atom. The van der Waals surface area contributed by atoms with Crippen molar-refractivity contribution in [3.63, 3.8) is 0 Å². The topological polar surface area (TPSA) is 750 Å². The lowest BCUT2D eigenvalue weighted by Gasteiger charge is -2.51. The average molecular weight is 1580 g/mol. The first kappa shape index (κ1) is 88.7. The summed E-state index contributed by atoms with van der Waals surface area (Å²) in [4.78, 5) is 38.4. The fraction of sp³-hybridized carbons (Fsp3) is 0.950. The first-order chi connectivity index (χ1) is 51.0. The molecule has 28 N–H and O–H groups in total. The van der Waals surface area contributed by atoms with Crippen molar-refractivity contribution in [2.45, 2.75) is 304 Å². The molecule has 48 nitrogen and oxygen atoms in total. The molecule has 0 bridgehead atoms. The Hall–Kier alpha value is -3.27. The van der Waals surface area contributed by atoms with Gasteiger partial charge in [0.05, 0.1) is 59.0 Å². The minimum absolute atomic E-state index is 0.823. The standard InChI is InChI=1S/C60H101N3O45/c1-13-28(73)37(82)41(86)55(94-13)93-12-24-48(34(79)25(52(91)95-24)61-14(2)70)103-53-26(62-15(3)71)35(80)47(22(10-69)100-53)105-59-45(90)50(33(78)23(102-59)11-92-56-44(89)49(32(77)20(8-67)96-56)106-58-43(88)39(84)30(75)18(6-65)98-58)107-60-51(40(85)31(76)19(7-66)99-60)108-54-27(63-16(4)72)36(81)46(21(9-68)101-54)104-57-42(87)38(83)29(74)17(5-64)97-57/h13,17-60,64-69,73-91H,5-12H2,1-4H3,(H,61,70)(H,62,71)(H,63,72)/t13-,17+,18+,19+,20+,21+,22+,23+,24+,25+,26+,27+,28+,29-,30+,31+,32+,33+,34+,35+,36+,37+,38-,39-,40-,41-,42+,43-,44-,45-,46+,47+,48+,49-,50-,51-,52?,53-,54-,55+,56-,57-,58+,59-,60+/m0/s1. The number of hydrogen-bond donors (Lipinski definition) is 28. The molecule has 626 valence electrons. The molecule has 0 radical (unpaired) electrons. The third kappa shape index (κ3) is 19.3. The molecule has 9 aliphatic rings. The highest BCUT2D eigenvalue weighted by atomic mass is 16.8. The third-order valence-corrected chi connectivity index (χ3v) is 19.9. The molecule has 9 rings (SSSR count). The highest BCUT2D eigenvalue weighted by Crippen LogP contribution is 2.39. The summed E-state index contributed by atoms with van der Waals surface area (Å²) in [7, 11) is 0. The van der Waals surface area contributed by atoms with E-state index in [1.54, 1.807) is 0 Å². The van der Waals surface area contributed by atoms with Crippen molar-refractivity contribution < 1.29 is 223 Å². The van der Waals surface area contributed by atoms with Crippen molar-refractivity contribution in [2.24, 2.45) is 0 Å². The minimum Gasteiger partial charge on any atom is -0.394 e. The summed E-state index contributed by atoms with van der Waals surface area (Å²) in [5.74, 6) is -2.73. The quantitative estimate of drug-likeness (QED) is 0.0363. The van der Waals surface area contributed by atoms with Gasteiger partial charge in [0.1, 0.15) is 213 Å². The van der Waals surface area contributed by atoms with Crippen LogP contribution in [0.25, 0.3) is 0 Å². The number of aliphatic hydroxyl groups is 25. The molecule has 9 saturated heterocycles. The van der Waals surface area contributed by atoms with Crippen molar-refractivity contribution in [2.75, 3.05) is 52.9 Å². The molecule has 48 heteroatoms. The largest absolute Gasteiger partial charge is 0.394 e. The molecular weight excluding hydrogens is 1480 g/mol. The number of hydrogen-bond acceptors (Lipinski definition) is 45. The fourth-order valence-electron chi connectivity index (χ4n) is 13.9. The molecule has 3 amide bonds. The highest BCUT2D eigenvalue weighted by Gasteiger charge is 2.60. The van der Waals surface area contributed by atoms with E-state index in [1.165, 1.54) is 6.92 Å². The second-order valence-corrected chi connectivity index (χ2v) is 27.5. The van der Waals surface area contributed by atoms with Crippen LogP contribution < -0.4 is 16.0 Å². The van der Waals surface area contributed by atoms with Crippen LogP contribution in [0.3, 0.4) is 0 Å². The van der Waals surface area contributed by atoms with Crippen LogP contribution in [-0.4, -0.2) is 474 Å². The summed E-state index contributed by atoms with van der Waals surface area (Å²) in [6.45, 7) is -4.26. The van der Waals surface area contributed by atoms with Gasteiger partial charge in [-0.05, 0) is 6.92 Å². The molecule has 0 aromatic heterocycles. The number of rotatable bonds is 27. The van der Waals surface area contributed by atoms with Crippen molar-refractivity contribution in [3.8, 4) is 0 Å². The zero-order valence-corrected chi connectivity index (χ0v) is 58.0. The molecular formula is C60H101N3O45. The lowest BCUT2D eigenvalue weighted by atomic mass is 9.93. The number of amides is 3. The van der Waals surface area contributed by atoms with Crippen LogP contribution in [0.2, 0.25) is 0 Å². The van der Waals surface area contributed by atoms with Crippen LogP contribution in [0, 0.1) is 0 Å². The van der Waals surface area contributed by atoms with E-state index < -0.39 is 347 Å². The van der Waals surface area contributed by atoms with Gasteiger partial charge in [-0.1, -0.05) is 0 Å². The summed E-state index contributed by atoms with van der Waals surface area (Å²) in [5, 5.41) is 283. The van der Waals surface area contributed by atoms with Gasteiger partial charge in [-0.15, -0.1) is 0 Å². The lowest BCUT2D eigenvalue weighted by molar-refractivity contribution is -0.398. The van der Waals surface area contributed by atoms with E-state index in [4.69, 9.17) is 80.5 Å². The number of ether oxygens (including phenoxy) is 17. The van der Waals surface area contributed by atoms with E-state index in [0.717, 1.165) is 20.8 Å². The SMILES string of the molecule is CC(=O)N[C@H]1[C@H](O[C@H]2[C@H](O)[C@@H](NC(C)=O)C(O)O[C@@H]2CO[C@@H]2O[C@@H](C)[C@@H](O)[C@@H](O)[C@@H]2O)O[C@H](CO)[C@@H](O[C@@H]2O[C@H](CO[C@H]3O[C@H](CO)[C@@H](O)[C@H](O[C@H]4O[C@H](CO)[C@@H](O)[C@H](O)[C@@H]4O)[C@@H]3O)[C@@H](O)[C@H](O[C@H]3O[C@H](CO)[C@@H](O)[C@H](O)[C@@H]3O[C@@H]3O[C@H](CO)[C@@H](O[C@@H]4O[C@H](CO)[C@H](O)[C@H](O)[C@H]4O)[C@H](O)[C@H]3NC(C)=O)[C@@H]2O)[C@@H]1O. The normalized spacial score (nSPS) is 50.4. The molecule has 9 heterocycles. The summed E-state index contributed by atoms with van der Waals surface area (Å²) in [6, 6.07) is -5.63. The van der Waals surface area contributed by atoms with E-state index in [0.29, 0.717) is 0 Å². The van der Waals surface area contributed by atoms with Crippen LogP contribution in [0.4, 0.5) is 0 Å². The van der Waals surface area contributed by atoms with E-state index >= 15 is 0 Å². The van der Waals surface area contributed by atoms with Gasteiger partial charge >= 0.3 is 0 Å². The number of carbonyl (C=O) groups excluding carboxylic acids is 3. The van der Waals surface area contributed by atoms with Gasteiger partial charge in [0.25, 0.3) is 0 Å². The Balaban J connectivity index is 1.03. The lowest BCUT2D eigenvalue weighted by Crippen LogP contribution is -2.71. The molecule has 0 aliphatic carbocycles. The van der Waals surface area contributed by atoms with Crippen molar-refractivity contribution >= 4 is 17.7 Å². The Bertz CT molecular complexity index is 2820. The Morgan fingerprint density at radius 1 is 0.259 bits per heavy atom. The maximum Gasteiger partial charge on any atom is 0.217 e. The monoisotopic (exact) mass is 1580 g/mol. The first-order valence-electron chi connectivity index (χ1n) is 34.5. The van der Waals surface area contributed by atoms with E-state index in [-0.39, 0.29) is 0 Å². The average Bonchev–Trinajstić information content (AvgIpc) is 0.762. The zero-order chi connectivity index (χ0) is 79.5. The molecule has 0 saturated carbocycles. The predicted octanol–water partition coefficient (Wildman–Crippen LogP) is -19.2. The molecule has 108 heavy (non-hydrogen) atoms. The van der Waals surface area contributed by atoms with Crippen LogP contribution >= 0.6 is 0 Å². The zero-order valence-electron chi connectivity index (χ0n) is 58.0. The van der Waals surface area contributed by atoms with E-state index in [1.807, 2.05) is 0 Å². The van der Waals surface area contributed by atoms with Gasteiger partial charge in [-0.25, -0.2) is 0 Å². The van der Waals surface area contributed by atoms with Gasteiger partial charge in [0.2, 0.25) is 17.7 Å². The van der Waals surface area contributed by atoms with Gasteiger partial charge in [0.15, 0.2) is 56.6 Å². The first-order valence-corrected chi connectivity index (χ1v) is 34.5. The predicted molar refractivity (Wildman–Crippen MR) is 330 cm³/mol. The number of nitrogens with one attached hydrogen (secondary N) is 3. The summed E-state index contributed by atoms with van der Waals surface area (Å²) in [6.07, 6.45) is -85.2. The summed E-state index contributed by atoms with van der Waals surface area (Å²) < 4.78 is 99.6. The van der Waals surface area contributed by atoms with Gasteiger partial charge < -0.3 is 224 Å². The smallest absolute Gasteiger partial charge is 0.217 e. The molecule has 45 atom stereocenters. The van der Waals surface area contributed by atoms with Crippen molar-refractivity contribution in [3.05, 3.63) is 0 Å². The molecule has 0 aromatic rings. The van der Waals surface area contributed by atoms with Gasteiger partial charge in [0, 0.05) is 20.8 Å². The minimum atomic E-state index is -2.55. The van der Waals surface area contributed by atoms with Crippen LogP contribution in [0.1, 0.15) is 27.7 Å². The maximum atomic E-state index is 13.1. The Kier molecular flexibility index (Phi) is 31.6. The number of aliphatic hydroxyl groups excluding tert-OH is 25. The van der Waals surface area contributed by atoms with Crippen LogP contribution in [0.15, 0.2) is 0 Å². The maximum absolute atomic E-state index is 13.1. The molecule has 1 unspecified atom stereocenters. The fourth-order valence-corrected chi connectivity index (χ4v) is 13.9. The second-order valence-electron chi connectivity index (χ2n) is 27.5. The van der Waals surface area contributed by atoms with Crippen molar-refractivity contribution in [1.82, 2.24) is 16.0 Å². The number of carbonyl (C=O) groups is 3. The molecule has 0 spiro atoms. The molecule has 0 aromatic carbocycles. The molecule has 9 fully saturated rings. The van der Waals surface area contributed by atoms with Crippen LogP contribution in [0.5, 0.6) is 0 Å². The molecule has 9 aliphatic heterocycles. The van der Waals surface area contributed by atoms with E-state index in [2.05, 4.69) is 16.0 Å². The third-order valence-electron chi connectivity index (χ3n) is 19.9. The van der Waals surface area contributed by atoms with Crippen LogP contribution in [-0.2, 0) is 94.9 Å². The highest BCUT2D eigenvalue weighted by molar-refractivity contribution is 5.74. The Morgan fingerprint density at radius 3 is 1.02 bits per heavy atom. The van der Waals surface area contributed by atoms with Crippen molar-refractivity contribution in [1.29, 1.82) is 0 Å². The van der Waals surface area contributed by atoms with E-state index in [9.17, 15) is 142 Å². The summed E-state index contributed by atoms with van der Waals surface area (Å²) in [5.41, 5.74) is 0. The van der Waals surface area contributed by atoms with Gasteiger partial charge in [-0.3, -0.25) is 14.4 Å². The van der Waals surface area contributed by atoms with Gasteiger partial charge in [-0.2, -0.15) is 0 Å².